The molecule has 0 saturated carbocycles. The molecule has 0 aliphatic carbocycles. The zero-order chi connectivity index (χ0) is 12.1. The van der Waals surface area contributed by atoms with Crippen LogP contribution >= 0.6 is 0 Å². The molecule has 17 heavy (non-hydrogen) atoms. The van der Waals surface area contributed by atoms with Crippen LogP contribution in [-0.4, -0.2) is 21.5 Å². The van der Waals surface area contributed by atoms with Gasteiger partial charge in [-0.2, -0.15) is 0 Å². The second-order valence-corrected chi connectivity index (χ2v) is 4.04. The summed E-state index contributed by atoms with van der Waals surface area (Å²) in [6.45, 7) is 3.78. The average Bonchev–Trinajstić information content (AvgIpc) is 2.82. The van der Waals surface area contributed by atoms with Crippen molar-refractivity contribution in [1.82, 2.24) is 15.0 Å². The van der Waals surface area contributed by atoms with Gasteiger partial charge in [-0.3, -0.25) is 4.68 Å². The predicted octanol–water partition coefficient (Wildman–Crippen LogP) is 1.67. The first-order chi connectivity index (χ1) is 8.25. The van der Waals surface area contributed by atoms with Crippen LogP contribution in [0.15, 0.2) is 30.6 Å². The first-order valence-electron chi connectivity index (χ1n) is 5.70. The Hall–Kier alpha value is -2.04. The predicted molar refractivity (Wildman–Crippen MR) is 68.7 cm³/mol. The molecule has 0 atom stereocenters. The molecule has 1 aromatic carbocycles. The Morgan fingerprint density at radius 2 is 2.29 bits per heavy atom. The van der Waals surface area contributed by atoms with Crippen LogP contribution in [0.3, 0.4) is 0 Å². The van der Waals surface area contributed by atoms with Gasteiger partial charge in [0.2, 0.25) is 0 Å². The van der Waals surface area contributed by atoms with E-state index in [2.05, 4.69) is 28.6 Å². The number of aromatic nitrogens is 3. The molecule has 0 amide bonds. The van der Waals surface area contributed by atoms with Crippen molar-refractivity contribution in [3.05, 3.63) is 36.2 Å². The van der Waals surface area contributed by atoms with Crippen LogP contribution < -0.4 is 11.1 Å². The van der Waals surface area contributed by atoms with Crippen LogP contribution in [0.1, 0.15) is 12.0 Å². The van der Waals surface area contributed by atoms with Crippen molar-refractivity contribution in [3.8, 4) is 0 Å². The molecule has 2 aromatic rings. The van der Waals surface area contributed by atoms with Crippen molar-refractivity contribution in [3.63, 3.8) is 0 Å². The maximum Gasteiger partial charge on any atom is 0.0692 e. The van der Waals surface area contributed by atoms with Crippen molar-refractivity contribution in [2.24, 2.45) is 0 Å². The largest absolute Gasteiger partial charge is 0.397 e. The lowest BCUT2D eigenvalue weighted by Crippen LogP contribution is -2.08. The van der Waals surface area contributed by atoms with E-state index in [1.807, 2.05) is 23.0 Å². The van der Waals surface area contributed by atoms with E-state index in [1.54, 1.807) is 6.20 Å². The Morgan fingerprint density at radius 1 is 1.41 bits per heavy atom. The van der Waals surface area contributed by atoms with E-state index in [0.717, 1.165) is 30.9 Å². The quantitative estimate of drug-likeness (QED) is 0.606. The Bertz CT molecular complexity index is 464. The fraction of sp³-hybridized carbons (Fsp3) is 0.333. The van der Waals surface area contributed by atoms with Crippen molar-refractivity contribution in [1.29, 1.82) is 0 Å². The number of aryl methyl sites for hydroxylation is 2. The van der Waals surface area contributed by atoms with Crippen LogP contribution in [0.25, 0.3) is 0 Å². The molecule has 1 heterocycles. The maximum atomic E-state index is 5.88. The van der Waals surface area contributed by atoms with Crippen LogP contribution in [0.4, 0.5) is 11.4 Å². The zero-order valence-electron chi connectivity index (χ0n) is 9.93. The number of hydrogen-bond donors (Lipinski definition) is 2. The second-order valence-electron chi connectivity index (χ2n) is 4.04. The number of rotatable bonds is 5. The molecule has 0 saturated heterocycles. The van der Waals surface area contributed by atoms with Gasteiger partial charge in [0.25, 0.3) is 0 Å². The Balaban J connectivity index is 1.80. The number of nitrogens with two attached hydrogens (primary N) is 1. The van der Waals surface area contributed by atoms with E-state index >= 15 is 0 Å². The van der Waals surface area contributed by atoms with Crippen LogP contribution in [0.2, 0.25) is 0 Å². The van der Waals surface area contributed by atoms with Gasteiger partial charge in [0.1, 0.15) is 0 Å². The lowest BCUT2D eigenvalue weighted by Gasteiger charge is -2.09. The Kier molecular flexibility index (Phi) is 3.59. The highest BCUT2D eigenvalue weighted by molar-refractivity contribution is 5.66. The summed E-state index contributed by atoms with van der Waals surface area (Å²) in [6, 6.07) is 6.00. The highest BCUT2D eigenvalue weighted by atomic mass is 15.4. The van der Waals surface area contributed by atoms with Crippen molar-refractivity contribution in [2.75, 3.05) is 17.6 Å². The minimum Gasteiger partial charge on any atom is -0.397 e. The van der Waals surface area contributed by atoms with E-state index < -0.39 is 0 Å². The van der Waals surface area contributed by atoms with E-state index in [0.29, 0.717) is 0 Å². The van der Waals surface area contributed by atoms with Gasteiger partial charge in [0.15, 0.2) is 0 Å². The first kappa shape index (κ1) is 11.4. The van der Waals surface area contributed by atoms with Gasteiger partial charge in [-0.15, -0.1) is 5.10 Å². The molecule has 0 fully saturated rings. The summed E-state index contributed by atoms with van der Waals surface area (Å²) in [5, 5.41) is 11.0. The average molecular weight is 231 g/mol. The highest BCUT2D eigenvalue weighted by Crippen LogP contribution is 2.19. The minimum atomic E-state index is 0.788. The van der Waals surface area contributed by atoms with Gasteiger partial charge in [-0.05, 0) is 31.0 Å². The summed E-state index contributed by atoms with van der Waals surface area (Å²) in [6.07, 6.45) is 4.53. The molecular weight excluding hydrogens is 214 g/mol. The van der Waals surface area contributed by atoms with Gasteiger partial charge in [0.05, 0.1) is 17.6 Å². The topological polar surface area (TPSA) is 68.8 Å². The molecule has 3 N–H and O–H groups in total. The molecular formula is C12H17N5. The summed E-state index contributed by atoms with van der Waals surface area (Å²) in [4.78, 5) is 0. The summed E-state index contributed by atoms with van der Waals surface area (Å²) >= 11 is 0. The van der Waals surface area contributed by atoms with E-state index in [9.17, 15) is 0 Å². The van der Waals surface area contributed by atoms with E-state index in [1.165, 1.54) is 5.56 Å². The van der Waals surface area contributed by atoms with E-state index in [-0.39, 0.29) is 0 Å². The third-order valence-corrected chi connectivity index (χ3v) is 2.56. The molecule has 0 radical (unpaired) electrons. The molecule has 0 aliphatic heterocycles. The maximum absolute atomic E-state index is 5.88. The first-order valence-corrected chi connectivity index (χ1v) is 5.70. The lowest BCUT2D eigenvalue weighted by atomic mass is 10.2. The number of benzene rings is 1. The van der Waals surface area contributed by atoms with Gasteiger partial charge >= 0.3 is 0 Å². The normalized spacial score (nSPS) is 10.4. The van der Waals surface area contributed by atoms with Crippen molar-refractivity contribution < 1.29 is 0 Å². The number of nitrogens with zero attached hydrogens (tertiary/aromatic N) is 3. The second kappa shape index (κ2) is 5.34. The summed E-state index contributed by atoms with van der Waals surface area (Å²) < 4.78 is 1.82. The SMILES string of the molecule is Cc1ccc(N)c(NCCCn2ccnn2)c1. The van der Waals surface area contributed by atoms with Crippen LogP contribution in [0, 0.1) is 6.92 Å². The fourth-order valence-electron chi connectivity index (χ4n) is 1.64. The molecule has 0 bridgehead atoms. The monoisotopic (exact) mass is 231 g/mol. The molecule has 0 spiro atoms. The molecule has 5 nitrogen and oxygen atoms in total. The molecule has 90 valence electrons. The lowest BCUT2D eigenvalue weighted by molar-refractivity contribution is 0.570. The molecule has 1 aromatic heterocycles. The van der Waals surface area contributed by atoms with E-state index in [4.69, 9.17) is 5.73 Å². The van der Waals surface area contributed by atoms with Gasteiger partial charge < -0.3 is 11.1 Å². The van der Waals surface area contributed by atoms with Gasteiger partial charge in [-0.25, -0.2) is 0 Å². The fourth-order valence-corrected chi connectivity index (χ4v) is 1.64. The van der Waals surface area contributed by atoms with Gasteiger partial charge in [-0.1, -0.05) is 11.3 Å². The third kappa shape index (κ3) is 3.21. The number of nitrogen functional groups attached to an aromatic ring is 1. The number of hydrogen-bond acceptors (Lipinski definition) is 4. The molecule has 0 unspecified atom stereocenters. The van der Waals surface area contributed by atoms with Crippen LogP contribution in [0.5, 0.6) is 0 Å². The van der Waals surface area contributed by atoms with Crippen molar-refractivity contribution in [2.45, 2.75) is 19.9 Å². The smallest absolute Gasteiger partial charge is 0.0692 e. The molecule has 0 aliphatic rings. The summed E-state index contributed by atoms with van der Waals surface area (Å²) in [5.74, 6) is 0. The molecule has 5 heteroatoms. The zero-order valence-corrected chi connectivity index (χ0v) is 9.93. The number of anilines is 2. The highest BCUT2D eigenvalue weighted by Gasteiger charge is 1.98. The van der Waals surface area contributed by atoms with Crippen LogP contribution in [-0.2, 0) is 6.54 Å². The number of nitrogens with one attached hydrogen (secondary N) is 1. The Labute approximate surface area is 101 Å². The summed E-state index contributed by atoms with van der Waals surface area (Å²) in [5.41, 5.74) is 8.87. The van der Waals surface area contributed by atoms with Gasteiger partial charge in [0, 0.05) is 19.3 Å². The summed E-state index contributed by atoms with van der Waals surface area (Å²) in [7, 11) is 0. The minimum absolute atomic E-state index is 0.788. The Morgan fingerprint density at radius 3 is 3.06 bits per heavy atom. The van der Waals surface area contributed by atoms with Crippen molar-refractivity contribution >= 4 is 11.4 Å². The molecule has 2 rings (SSSR count). The standard InChI is InChI=1S/C12H17N5/c1-10-3-4-11(13)12(9-10)14-5-2-7-17-8-6-15-16-17/h3-4,6,8-9,14H,2,5,7,13H2,1H3. The third-order valence-electron chi connectivity index (χ3n) is 2.56.